The summed E-state index contributed by atoms with van der Waals surface area (Å²) >= 11 is 6.04. The predicted molar refractivity (Wildman–Crippen MR) is 64.1 cm³/mol. The van der Waals surface area contributed by atoms with Gasteiger partial charge in [0.15, 0.2) is 5.60 Å². The Labute approximate surface area is 104 Å². The number of nitrogens with one attached hydrogen (secondary N) is 1. The standard InChI is InChI=1S/C12H13ClN2O2/c13-8-1-2-10-9(7-8)12(17-11(16)15-10)3-5-14-6-4-12/h1-2,7,14H,3-6H2,(H,15,16)/p+1. The van der Waals surface area contributed by atoms with Crippen LogP contribution in [0.1, 0.15) is 18.4 Å². The summed E-state index contributed by atoms with van der Waals surface area (Å²) in [5, 5.41) is 5.65. The van der Waals surface area contributed by atoms with Crippen molar-refractivity contribution in [2.24, 2.45) is 0 Å². The lowest BCUT2D eigenvalue weighted by molar-refractivity contribution is -0.668. The van der Waals surface area contributed by atoms with E-state index in [4.69, 9.17) is 16.3 Å². The van der Waals surface area contributed by atoms with Crippen molar-refractivity contribution in [3.63, 3.8) is 0 Å². The lowest BCUT2D eigenvalue weighted by atomic mass is 9.83. The van der Waals surface area contributed by atoms with Crippen molar-refractivity contribution >= 4 is 23.4 Å². The maximum absolute atomic E-state index is 11.6. The number of quaternary nitrogens is 1. The summed E-state index contributed by atoms with van der Waals surface area (Å²) in [4.78, 5) is 11.6. The van der Waals surface area contributed by atoms with Crippen molar-refractivity contribution in [3.8, 4) is 0 Å². The molecule has 1 spiro atoms. The van der Waals surface area contributed by atoms with Crippen molar-refractivity contribution in [1.82, 2.24) is 0 Å². The van der Waals surface area contributed by atoms with E-state index in [0.717, 1.165) is 37.2 Å². The second-order valence-electron chi connectivity index (χ2n) is 4.56. The van der Waals surface area contributed by atoms with E-state index in [-0.39, 0.29) is 6.09 Å². The fourth-order valence-electron chi connectivity index (χ4n) is 2.68. The molecule has 1 amide bonds. The molecule has 1 fully saturated rings. The highest BCUT2D eigenvalue weighted by Gasteiger charge is 2.44. The van der Waals surface area contributed by atoms with Gasteiger partial charge in [-0.15, -0.1) is 0 Å². The molecule has 0 bridgehead atoms. The van der Waals surface area contributed by atoms with Crippen LogP contribution in [0.25, 0.3) is 0 Å². The maximum Gasteiger partial charge on any atom is 0.412 e. The molecule has 17 heavy (non-hydrogen) atoms. The SMILES string of the molecule is O=C1Nc2ccc(Cl)cc2C2(CC[NH2+]CC2)O1. The van der Waals surface area contributed by atoms with Crippen LogP contribution in [0.2, 0.25) is 5.02 Å². The molecule has 1 aromatic rings. The fourth-order valence-corrected chi connectivity index (χ4v) is 2.85. The Morgan fingerprint density at radius 3 is 2.88 bits per heavy atom. The Kier molecular flexibility index (Phi) is 2.49. The largest absolute Gasteiger partial charge is 0.437 e. The minimum atomic E-state index is -0.475. The minimum absolute atomic E-state index is 0.360. The molecule has 0 radical (unpaired) electrons. The van der Waals surface area contributed by atoms with E-state index in [9.17, 15) is 4.79 Å². The summed E-state index contributed by atoms with van der Waals surface area (Å²) in [5.74, 6) is 0. The number of benzene rings is 1. The average Bonchev–Trinajstić information content (AvgIpc) is 2.31. The number of rotatable bonds is 0. The number of amides is 1. The zero-order chi connectivity index (χ0) is 11.9. The van der Waals surface area contributed by atoms with Gasteiger partial charge in [0.25, 0.3) is 0 Å². The van der Waals surface area contributed by atoms with Crippen molar-refractivity contribution in [2.45, 2.75) is 18.4 Å². The number of hydrogen-bond donors (Lipinski definition) is 2. The van der Waals surface area contributed by atoms with Crippen molar-refractivity contribution in [1.29, 1.82) is 0 Å². The van der Waals surface area contributed by atoms with Gasteiger partial charge in [0.2, 0.25) is 0 Å². The van der Waals surface area contributed by atoms with Crippen LogP contribution in [0.4, 0.5) is 10.5 Å². The number of hydrogen-bond acceptors (Lipinski definition) is 2. The average molecular weight is 254 g/mol. The highest BCUT2D eigenvalue weighted by Crippen LogP contribution is 2.42. The first-order valence-electron chi connectivity index (χ1n) is 5.81. The summed E-state index contributed by atoms with van der Waals surface area (Å²) in [6.45, 7) is 1.94. The Morgan fingerprint density at radius 2 is 2.12 bits per heavy atom. The number of carbonyl (C=O) groups is 1. The summed E-state index contributed by atoms with van der Waals surface area (Å²) in [6.07, 6.45) is 1.32. The maximum atomic E-state index is 11.6. The van der Waals surface area contributed by atoms with Gasteiger partial charge in [0.1, 0.15) is 0 Å². The van der Waals surface area contributed by atoms with Crippen LogP contribution in [0.3, 0.4) is 0 Å². The van der Waals surface area contributed by atoms with Crippen LogP contribution >= 0.6 is 11.6 Å². The lowest BCUT2D eigenvalue weighted by Crippen LogP contribution is -2.87. The predicted octanol–water partition coefficient (Wildman–Crippen LogP) is 1.45. The molecular formula is C12H14ClN2O2+. The molecule has 0 saturated carbocycles. The third-order valence-electron chi connectivity index (χ3n) is 3.50. The molecule has 1 saturated heterocycles. The van der Waals surface area contributed by atoms with Crippen LogP contribution in [-0.4, -0.2) is 19.2 Å². The van der Waals surface area contributed by atoms with Gasteiger partial charge in [0.05, 0.1) is 18.8 Å². The molecule has 2 aliphatic heterocycles. The first-order chi connectivity index (χ1) is 8.20. The van der Waals surface area contributed by atoms with E-state index in [2.05, 4.69) is 10.6 Å². The van der Waals surface area contributed by atoms with Crippen LogP contribution in [0, 0.1) is 0 Å². The smallest absolute Gasteiger partial charge is 0.412 e. The Morgan fingerprint density at radius 1 is 1.35 bits per heavy atom. The Bertz CT molecular complexity index is 470. The highest BCUT2D eigenvalue weighted by atomic mass is 35.5. The zero-order valence-corrected chi connectivity index (χ0v) is 10.1. The van der Waals surface area contributed by atoms with Crippen LogP contribution in [0.15, 0.2) is 18.2 Å². The number of halogens is 1. The molecule has 2 aliphatic rings. The zero-order valence-electron chi connectivity index (χ0n) is 9.33. The number of carbonyl (C=O) groups excluding carboxylic acids is 1. The molecular weight excluding hydrogens is 240 g/mol. The minimum Gasteiger partial charge on any atom is -0.437 e. The molecule has 3 N–H and O–H groups in total. The molecule has 3 rings (SSSR count). The van der Waals surface area contributed by atoms with Gasteiger partial charge in [-0.25, -0.2) is 4.79 Å². The third kappa shape index (κ3) is 1.77. The van der Waals surface area contributed by atoms with Crippen LogP contribution < -0.4 is 10.6 Å². The van der Waals surface area contributed by atoms with E-state index in [1.54, 1.807) is 6.07 Å². The van der Waals surface area contributed by atoms with E-state index in [1.165, 1.54) is 0 Å². The van der Waals surface area contributed by atoms with E-state index in [1.807, 2.05) is 12.1 Å². The molecule has 5 heteroatoms. The monoisotopic (exact) mass is 253 g/mol. The molecule has 0 aliphatic carbocycles. The molecule has 0 aromatic heterocycles. The Hall–Kier alpha value is -1.26. The molecule has 90 valence electrons. The Balaban J connectivity index is 2.11. The van der Waals surface area contributed by atoms with E-state index >= 15 is 0 Å². The van der Waals surface area contributed by atoms with Gasteiger partial charge in [-0.1, -0.05) is 11.6 Å². The van der Waals surface area contributed by atoms with Gasteiger partial charge < -0.3 is 10.1 Å². The van der Waals surface area contributed by atoms with E-state index < -0.39 is 5.60 Å². The van der Waals surface area contributed by atoms with Crippen molar-refractivity contribution in [3.05, 3.63) is 28.8 Å². The van der Waals surface area contributed by atoms with Crippen molar-refractivity contribution in [2.75, 3.05) is 18.4 Å². The molecule has 4 nitrogen and oxygen atoms in total. The van der Waals surface area contributed by atoms with Gasteiger partial charge >= 0.3 is 6.09 Å². The van der Waals surface area contributed by atoms with Gasteiger partial charge in [-0.2, -0.15) is 0 Å². The second-order valence-corrected chi connectivity index (χ2v) is 5.00. The van der Waals surface area contributed by atoms with E-state index in [0.29, 0.717) is 5.02 Å². The van der Waals surface area contributed by atoms with Crippen molar-refractivity contribution < 1.29 is 14.8 Å². The lowest BCUT2D eigenvalue weighted by Gasteiger charge is -2.40. The van der Waals surface area contributed by atoms with Gasteiger partial charge in [0, 0.05) is 23.4 Å². The molecule has 0 atom stereocenters. The number of nitrogens with two attached hydrogens (primary N) is 1. The topological polar surface area (TPSA) is 54.9 Å². The number of ether oxygens (including phenoxy) is 1. The number of fused-ring (bicyclic) bond motifs is 2. The fraction of sp³-hybridized carbons (Fsp3) is 0.417. The number of anilines is 1. The third-order valence-corrected chi connectivity index (χ3v) is 3.74. The van der Waals surface area contributed by atoms with Crippen LogP contribution in [-0.2, 0) is 10.3 Å². The van der Waals surface area contributed by atoms with Crippen LogP contribution in [0.5, 0.6) is 0 Å². The summed E-state index contributed by atoms with van der Waals surface area (Å²) < 4.78 is 5.57. The highest BCUT2D eigenvalue weighted by molar-refractivity contribution is 6.30. The summed E-state index contributed by atoms with van der Waals surface area (Å²) in [6, 6.07) is 5.54. The summed E-state index contributed by atoms with van der Waals surface area (Å²) in [7, 11) is 0. The normalized spacial score (nSPS) is 21.6. The number of piperidine rings is 1. The molecule has 1 aromatic carbocycles. The first kappa shape index (κ1) is 10.9. The quantitative estimate of drug-likeness (QED) is 0.735. The summed E-state index contributed by atoms with van der Waals surface area (Å²) in [5.41, 5.74) is 1.36. The van der Waals surface area contributed by atoms with Gasteiger partial charge in [-0.3, -0.25) is 5.32 Å². The molecule has 2 heterocycles. The molecule has 0 unspecified atom stereocenters. The van der Waals surface area contributed by atoms with Gasteiger partial charge in [-0.05, 0) is 18.2 Å². The second kappa shape index (κ2) is 3.89. The first-order valence-corrected chi connectivity index (χ1v) is 6.19.